The standard InChI is InChI=1S/C21H32O4/c1-19-7-8-21(24-9-10-25-21)12-16(19)17(22)11-13-14-3-4-18(23)20(14,2)6-5-15(13)19/h13-17,22H,3-12H2,1-2H3/t13-,14-,15-,16-,17+,19+,20-/m0/s1. The fourth-order valence-corrected chi connectivity index (χ4v) is 7.76. The smallest absolute Gasteiger partial charge is 0.168 e. The number of carbonyl (C=O) groups excluding carboxylic acids is 1. The van der Waals surface area contributed by atoms with Crippen LogP contribution in [0.1, 0.15) is 65.2 Å². The van der Waals surface area contributed by atoms with Crippen LogP contribution in [0.2, 0.25) is 0 Å². The van der Waals surface area contributed by atoms with Crippen LogP contribution in [0.15, 0.2) is 0 Å². The van der Waals surface area contributed by atoms with Crippen molar-refractivity contribution in [1.82, 2.24) is 0 Å². The van der Waals surface area contributed by atoms with E-state index in [0.717, 1.165) is 51.4 Å². The van der Waals surface area contributed by atoms with Gasteiger partial charge in [0.2, 0.25) is 0 Å². The van der Waals surface area contributed by atoms with Crippen molar-refractivity contribution < 1.29 is 19.4 Å². The Kier molecular flexibility index (Phi) is 3.54. The number of aliphatic hydroxyl groups excluding tert-OH is 1. The Bertz CT molecular complexity index is 582. The lowest BCUT2D eigenvalue weighted by Gasteiger charge is -2.62. The minimum absolute atomic E-state index is 0.113. The van der Waals surface area contributed by atoms with Crippen LogP contribution in [0.3, 0.4) is 0 Å². The molecule has 4 nitrogen and oxygen atoms in total. The van der Waals surface area contributed by atoms with E-state index in [1.807, 2.05) is 0 Å². The van der Waals surface area contributed by atoms with Crippen molar-refractivity contribution in [3.05, 3.63) is 0 Å². The summed E-state index contributed by atoms with van der Waals surface area (Å²) >= 11 is 0. The van der Waals surface area contributed by atoms with Gasteiger partial charge in [0.1, 0.15) is 5.78 Å². The van der Waals surface area contributed by atoms with E-state index in [1.54, 1.807) is 0 Å². The number of hydrogen-bond acceptors (Lipinski definition) is 4. The lowest BCUT2D eigenvalue weighted by Crippen LogP contribution is -2.60. The van der Waals surface area contributed by atoms with Crippen LogP contribution in [0.4, 0.5) is 0 Å². The molecule has 0 bridgehead atoms. The first kappa shape index (κ1) is 16.7. The molecule has 1 heterocycles. The summed E-state index contributed by atoms with van der Waals surface area (Å²) in [6, 6.07) is 0. The van der Waals surface area contributed by atoms with Crippen molar-refractivity contribution in [2.24, 2.45) is 34.5 Å². The minimum atomic E-state index is -0.426. The molecule has 1 N–H and O–H groups in total. The van der Waals surface area contributed by atoms with Gasteiger partial charge >= 0.3 is 0 Å². The minimum Gasteiger partial charge on any atom is -0.393 e. The first-order valence-corrected chi connectivity index (χ1v) is 10.4. The van der Waals surface area contributed by atoms with Gasteiger partial charge in [-0.15, -0.1) is 0 Å². The van der Waals surface area contributed by atoms with Gasteiger partial charge in [-0.05, 0) is 61.2 Å². The van der Waals surface area contributed by atoms with E-state index in [9.17, 15) is 9.90 Å². The van der Waals surface area contributed by atoms with Crippen LogP contribution in [0.25, 0.3) is 0 Å². The molecule has 7 atom stereocenters. The second-order valence-corrected chi connectivity index (χ2v) is 10.0. The van der Waals surface area contributed by atoms with Crippen LogP contribution in [0.5, 0.6) is 0 Å². The Morgan fingerprint density at radius 2 is 1.76 bits per heavy atom. The first-order chi connectivity index (χ1) is 11.9. The molecule has 4 saturated carbocycles. The largest absolute Gasteiger partial charge is 0.393 e. The molecule has 0 aromatic rings. The molecule has 1 saturated heterocycles. The van der Waals surface area contributed by atoms with Gasteiger partial charge in [-0.1, -0.05) is 13.8 Å². The molecule has 4 aliphatic carbocycles. The molecule has 5 aliphatic rings. The number of ketones is 1. The van der Waals surface area contributed by atoms with Crippen LogP contribution >= 0.6 is 0 Å². The Morgan fingerprint density at radius 1 is 1.00 bits per heavy atom. The highest BCUT2D eigenvalue weighted by molar-refractivity contribution is 5.87. The summed E-state index contributed by atoms with van der Waals surface area (Å²) < 4.78 is 12.0. The Hall–Kier alpha value is -0.450. The van der Waals surface area contributed by atoms with E-state index in [-0.39, 0.29) is 22.9 Å². The third-order valence-corrected chi connectivity index (χ3v) is 9.21. The highest BCUT2D eigenvalue weighted by atomic mass is 16.7. The van der Waals surface area contributed by atoms with Gasteiger partial charge in [0.15, 0.2) is 5.79 Å². The third kappa shape index (κ3) is 2.14. The van der Waals surface area contributed by atoms with Gasteiger partial charge in [-0.25, -0.2) is 0 Å². The van der Waals surface area contributed by atoms with Gasteiger partial charge in [0, 0.05) is 24.7 Å². The van der Waals surface area contributed by atoms with E-state index >= 15 is 0 Å². The lowest BCUT2D eigenvalue weighted by molar-refractivity contribution is -0.247. The van der Waals surface area contributed by atoms with Crippen LogP contribution in [0, 0.1) is 34.5 Å². The van der Waals surface area contributed by atoms with Gasteiger partial charge < -0.3 is 14.6 Å². The number of Topliss-reactive ketones (excluding diaryl/α,β-unsaturated/α-hetero) is 1. The lowest BCUT2D eigenvalue weighted by atomic mass is 9.44. The van der Waals surface area contributed by atoms with E-state index in [4.69, 9.17) is 9.47 Å². The van der Waals surface area contributed by atoms with Crippen molar-refractivity contribution in [1.29, 1.82) is 0 Å². The Labute approximate surface area is 150 Å². The van der Waals surface area contributed by atoms with Crippen LogP contribution in [-0.2, 0) is 14.3 Å². The van der Waals surface area contributed by atoms with Gasteiger partial charge in [0.25, 0.3) is 0 Å². The average molecular weight is 348 g/mol. The van der Waals surface area contributed by atoms with Crippen LogP contribution in [-0.4, -0.2) is 36.0 Å². The molecular formula is C21H32O4. The molecule has 140 valence electrons. The van der Waals surface area contributed by atoms with E-state index < -0.39 is 5.79 Å². The molecule has 5 fully saturated rings. The summed E-state index contributed by atoms with van der Waals surface area (Å²) in [6.07, 6.45) is 7.46. The van der Waals surface area contributed by atoms with Crippen molar-refractivity contribution in [3.8, 4) is 0 Å². The van der Waals surface area contributed by atoms with E-state index in [2.05, 4.69) is 13.8 Å². The molecular weight excluding hydrogens is 316 g/mol. The molecule has 0 aromatic heterocycles. The molecule has 5 rings (SSSR count). The number of aliphatic hydroxyl groups is 1. The number of hydrogen-bond donors (Lipinski definition) is 1. The predicted octanol–water partition coefficient (Wildman–Crippen LogP) is 3.31. The van der Waals surface area contributed by atoms with Crippen LogP contribution < -0.4 is 0 Å². The summed E-state index contributed by atoms with van der Waals surface area (Å²) in [4.78, 5) is 12.5. The van der Waals surface area contributed by atoms with Gasteiger partial charge in [-0.3, -0.25) is 4.79 Å². The topological polar surface area (TPSA) is 55.8 Å². The predicted molar refractivity (Wildman–Crippen MR) is 92.8 cm³/mol. The Balaban J connectivity index is 1.46. The number of carbonyl (C=O) groups is 1. The fourth-order valence-electron chi connectivity index (χ4n) is 7.76. The highest BCUT2D eigenvalue weighted by Crippen LogP contribution is 2.66. The molecule has 25 heavy (non-hydrogen) atoms. The second-order valence-electron chi connectivity index (χ2n) is 10.0. The maximum absolute atomic E-state index is 12.5. The molecule has 0 radical (unpaired) electrons. The molecule has 1 spiro atoms. The quantitative estimate of drug-likeness (QED) is 0.730. The van der Waals surface area contributed by atoms with E-state index in [0.29, 0.717) is 36.8 Å². The summed E-state index contributed by atoms with van der Waals surface area (Å²) in [5, 5.41) is 11.1. The van der Waals surface area contributed by atoms with Crippen molar-refractivity contribution in [2.75, 3.05) is 13.2 Å². The van der Waals surface area contributed by atoms with Gasteiger partial charge in [0.05, 0.1) is 19.3 Å². The SMILES string of the molecule is C[C@]12CCC3(C[C@H]1[C@H](O)C[C@@H]1[C@@H]2CC[C@]2(C)C(=O)CC[C@@H]12)OCCO3. The monoisotopic (exact) mass is 348 g/mol. The van der Waals surface area contributed by atoms with Crippen molar-refractivity contribution in [3.63, 3.8) is 0 Å². The van der Waals surface area contributed by atoms with E-state index in [1.165, 1.54) is 0 Å². The molecule has 0 amide bonds. The fraction of sp³-hybridized carbons (Fsp3) is 0.952. The van der Waals surface area contributed by atoms with Crippen molar-refractivity contribution in [2.45, 2.75) is 77.1 Å². The first-order valence-electron chi connectivity index (χ1n) is 10.4. The summed E-state index contributed by atoms with van der Waals surface area (Å²) in [6.45, 7) is 6.00. The maximum atomic E-state index is 12.5. The number of fused-ring (bicyclic) bond motifs is 5. The number of rotatable bonds is 0. The summed E-state index contributed by atoms with van der Waals surface area (Å²) in [5.74, 6) is 1.96. The number of ether oxygens (including phenoxy) is 2. The normalized spacial score (nSPS) is 54.2. The van der Waals surface area contributed by atoms with Gasteiger partial charge in [-0.2, -0.15) is 0 Å². The molecule has 0 unspecified atom stereocenters. The van der Waals surface area contributed by atoms with Crippen molar-refractivity contribution >= 4 is 5.78 Å². The summed E-state index contributed by atoms with van der Waals surface area (Å²) in [7, 11) is 0. The highest BCUT2D eigenvalue weighted by Gasteiger charge is 2.64. The maximum Gasteiger partial charge on any atom is 0.168 e. The zero-order valence-electron chi connectivity index (χ0n) is 15.6. The Morgan fingerprint density at radius 3 is 2.52 bits per heavy atom. The molecule has 0 aromatic carbocycles. The third-order valence-electron chi connectivity index (χ3n) is 9.21. The zero-order valence-corrected chi connectivity index (χ0v) is 15.6. The summed E-state index contributed by atoms with van der Waals surface area (Å²) in [5.41, 5.74) is 0.0491. The zero-order chi connectivity index (χ0) is 17.4. The molecule has 4 heteroatoms. The molecule has 1 aliphatic heterocycles. The second kappa shape index (κ2) is 5.30. The average Bonchev–Trinajstić information content (AvgIpc) is 3.15.